The van der Waals surface area contributed by atoms with Gasteiger partial charge in [-0.15, -0.1) is 0 Å². The van der Waals surface area contributed by atoms with Crippen molar-refractivity contribution in [3.05, 3.63) is 89.0 Å². The van der Waals surface area contributed by atoms with Gasteiger partial charge in [0, 0.05) is 23.9 Å². The number of hydrogen-bond acceptors (Lipinski definition) is 3. The van der Waals surface area contributed by atoms with Crippen LogP contribution in [0.25, 0.3) is 10.9 Å². The topological polar surface area (TPSA) is 62.1 Å². The number of hydrogen-bond donors (Lipinski definition) is 1. The minimum absolute atomic E-state index is 0.0369. The number of aryl methyl sites for hydroxylation is 1. The monoisotopic (exact) mass is 417 g/mol. The molecule has 1 atom stereocenters. The van der Waals surface area contributed by atoms with Crippen LogP contribution in [-0.2, 0) is 6.42 Å². The quantitative estimate of drug-likeness (QED) is 0.473. The highest BCUT2D eigenvalue weighted by molar-refractivity contribution is 5.99. The van der Waals surface area contributed by atoms with E-state index in [4.69, 9.17) is 4.42 Å². The van der Waals surface area contributed by atoms with Crippen molar-refractivity contribution < 1.29 is 13.6 Å². The molecule has 31 heavy (non-hydrogen) atoms. The Morgan fingerprint density at radius 2 is 2.10 bits per heavy atom. The van der Waals surface area contributed by atoms with Crippen LogP contribution < -0.4 is 0 Å². The molecule has 1 N–H and O–H groups in total. The fourth-order valence-electron chi connectivity index (χ4n) is 4.41. The number of aromatic nitrogens is 2. The second kappa shape index (κ2) is 8.02. The molecule has 1 aliphatic heterocycles. The molecule has 0 unspecified atom stereocenters. The molecule has 0 bridgehead atoms. The molecule has 1 amide bonds. The van der Waals surface area contributed by atoms with E-state index in [9.17, 15) is 9.18 Å². The van der Waals surface area contributed by atoms with E-state index >= 15 is 0 Å². The third-order valence-corrected chi connectivity index (χ3v) is 6.00. The lowest BCUT2D eigenvalue weighted by Gasteiger charge is -2.33. The molecule has 1 aliphatic rings. The van der Waals surface area contributed by atoms with Gasteiger partial charge < -0.3 is 14.3 Å². The van der Waals surface area contributed by atoms with E-state index in [1.165, 1.54) is 12.1 Å². The molecular formula is C25H24FN3O2. The van der Waals surface area contributed by atoms with Crippen LogP contribution in [0.1, 0.15) is 58.6 Å². The Bertz CT molecular complexity index is 1240. The third-order valence-electron chi connectivity index (χ3n) is 6.00. The second-order valence-corrected chi connectivity index (χ2v) is 8.20. The number of likely N-dealkylation sites (tertiary alicyclic amines) is 1. The molecule has 4 aromatic rings. The van der Waals surface area contributed by atoms with E-state index in [1.54, 1.807) is 12.3 Å². The molecule has 5 nitrogen and oxygen atoms in total. The summed E-state index contributed by atoms with van der Waals surface area (Å²) < 4.78 is 19.5. The molecule has 0 spiro atoms. The summed E-state index contributed by atoms with van der Waals surface area (Å²) in [4.78, 5) is 23.0. The van der Waals surface area contributed by atoms with E-state index in [0.717, 1.165) is 41.3 Å². The van der Waals surface area contributed by atoms with Crippen molar-refractivity contribution in [2.45, 2.75) is 38.6 Å². The van der Waals surface area contributed by atoms with Crippen molar-refractivity contribution >= 4 is 16.8 Å². The van der Waals surface area contributed by atoms with Crippen molar-refractivity contribution in [3.63, 3.8) is 0 Å². The van der Waals surface area contributed by atoms with Gasteiger partial charge in [-0.3, -0.25) is 4.79 Å². The molecular weight excluding hydrogens is 393 g/mol. The normalized spacial score (nSPS) is 16.7. The van der Waals surface area contributed by atoms with Gasteiger partial charge >= 0.3 is 0 Å². The molecule has 0 radical (unpaired) electrons. The van der Waals surface area contributed by atoms with Gasteiger partial charge in [0.25, 0.3) is 5.91 Å². The lowest BCUT2D eigenvalue weighted by atomic mass is 10.0. The Hall–Kier alpha value is -3.41. The standard InChI is InChI=1S/C25H24FN3O2/c1-16-6-4-9-21-20(16)14-22(28-21)25(30)29-11-3-2-10-23(29)24-27-15-19(31-24)13-17-7-5-8-18(26)12-17/h4-9,12,14-15,23,28H,2-3,10-11,13H2,1H3/t23-/m1/s1. The molecule has 2 aromatic carbocycles. The number of fused-ring (bicyclic) bond motifs is 1. The van der Waals surface area contributed by atoms with Crippen LogP contribution >= 0.6 is 0 Å². The summed E-state index contributed by atoms with van der Waals surface area (Å²) in [6.07, 6.45) is 4.93. The molecule has 158 valence electrons. The fourth-order valence-corrected chi connectivity index (χ4v) is 4.41. The van der Waals surface area contributed by atoms with Gasteiger partial charge in [0.1, 0.15) is 23.3 Å². The zero-order chi connectivity index (χ0) is 21.4. The molecule has 6 heteroatoms. The molecule has 2 aromatic heterocycles. The number of H-pyrrole nitrogens is 1. The van der Waals surface area contributed by atoms with Crippen molar-refractivity contribution in [1.29, 1.82) is 0 Å². The number of piperidine rings is 1. The largest absolute Gasteiger partial charge is 0.443 e. The number of rotatable bonds is 4. The first kappa shape index (κ1) is 19.5. The number of carbonyl (C=O) groups is 1. The Kier molecular flexibility index (Phi) is 5.06. The zero-order valence-electron chi connectivity index (χ0n) is 17.4. The third kappa shape index (κ3) is 3.85. The summed E-state index contributed by atoms with van der Waals surface area (Å²) >= 11 is 0. The minimum Gasteiger partial charge on any atom is -0.443 e. The maximum Gasteiger partial charge on any atom is 0.270 e. The summed E-state index contributed by atoms with van der Waals surface area (Å²) in [5, 5.41) is 1.06. The van der Waals surface area contributed by atoms with Crippen LogP contribution in [0.4, 0.5) is 4.39 Å². The summed E-state index contributed by atoms with van der Waals surface area (Å²) in [6.45, 7) is 2.71. The summed E-state index contributed by atoms with van der Waals surface area (Å²) in [6, 6.07) is 14.2. The van der Waals surface area contributed by atoms with Gasteiger partial charge in [0.05, 0.1) is 6.20 Å². The minimum atomic E-state index is -0.269. The number of carbonyl (C=O) groups excluding carboxylic acids is 1. The molecule has 3 heterocycles. The lowest BCUT2D eigenvalue weighted by Crippen LogP contribution is -2.38. The highest BCUT2D eigenvalue weighted by atomic mass is 19.1. The smallest absolute Gasteiger partial charge is 0.270 e. The van der Waals surface area contributed by atoms with Crippen LogP contribution in [-0.4, -0.2) is 27.3 Å². The maximum atomic E-state index is 13.5. The first-order valence-electron chi connectivity index (χ1n) is 10.7. The molecule has 0 saturated carbocycles. The van der Waals surface area contributed by atoms with E-state index in [2.05, 4.69) is 9.97 Å². The van der Waals surface area contributed by atoms with Crippen LogP contribution in [0.15, 0.2) is 59.1 Å². The first-order chi connectivity index (χ1) is 15.1. The Morgan fingerprint density at radius 3 is 2.94 bits per heavy atom. The molecule has 5 rings (SSSR count). The average molecular weight is 417 g/mol. The number of amides is 1. The van der Waals surface area contributed by atoms with E-state index < -0.39 is 0 Å². The van der Waals surface area contributed by atoms with E-state index in [1.807, 2.05) is 42.2 Å². The van der Waals surface area contributed by atoms with Crippen molar-refractivity contribution in [1.82, 2.24) is 14.9 Å². The lowest BCUT2D eigenvalue weighted by molar-refractivity contribution is 0.0565. The number of oxazole rings is 1. The van der Waals surface area contributed by atoms with Crippen molar-refractivity contribution in [3.8, 4) is 0 Å². The van der Waals surface area contributed by atoms with Gasteiger partial charge in [-0.05, 0) is 61.6 Å². The number of aromatic amines is 1. The van der Waals surface area contributed by atoms with Gasteiger partial charge in [-0.2, -0.15) is 0 Å². The number of nitrogens with one attached hydrogen (secondary N) is 1. The first-order valence-corrected chi connectivity index (χ1v) is 10.7. The van der Waals surface area contributed by atoms with Gasteiger partial charge in [0.2, 0.25) is 5.89 Å². The SMILES string of the molecule is Cc1cccc2[nH]c(C(=O)N3CCCC[C@@H]3c3ncc(Cc4cccc(F)c4)o3)cc12. The second-order valence-electron chi connectivity index (χ2n) is 8.20. The summed E-state index contributed by atoms with van der Waals surface area (Å²) in [5.41, 5.74) is 3.51. The van der Waals surface area contributed by atoms with E-state index in [-0.39, 0.29) is 17.8 Å². The summed E-state index contributed by atoms with van der Waals surface area (Å²) in [7, 11) is 0. The van der Waals surface area contributed by atoms with Gasteiger partial charge in [0.15, 0.2) is 0 Å². The molecule has 0 aliphatic carbocycles. The van der Waals surface area contributed by atoms with Crippen LogP contribution in [0.5, 0.6) is 0 Å². The predicted molar refractivity (Wildman–Crippen MR) is 116 cm³/mol. The Labute approximate surface area is 179 Å². The number of nitrogens with zero attached hydrogens (tertiary/aromatic N) is 2. The number of halogens is 1. The fraction of sp³-hybridized carbons (Fsp3) is 0.280. The van der Waals surface area contributed by atoms with Crippen LogP contribution in [0, 0.1) is 12.7 Å². The Morgan fingerprint density at radius 1 is 1.23 bits per heavy atom. The molecule has 1 fully saturated rings. The van der Waals surface area contributed by atoms with Gasteiger partial charge in [-0.25, -0.2) is 9.37 Å². The summed E-state index contributed by atoms with van der Waals surface area (Å²) in [5.74, 6) is 0.909. The van der Waals surface area contributed by atoms with Gasteiger partial charge in [-0.1, -0.05) is 24.3 Å². The Balaban J connectivity index is 1.39. The highest BCUT2D eigenvalue weighted by Crippen LogP contribution is 2.33. The zero-order valence-corrected chi connectivity index (χ0v) is 17.4. The van der Waals surface area contributed by atoms with Crippen LogP contribution in [0.3, 0.4) is 0 Å². The van der Waals surface area contributed by atoms with Crippen molar-refractivity contribution in [2.75, 3.05) is 6.54 Å². The van der Waals surface area contributed by atoms with Crippen molar-refractivity contribution in [2.24, 2.45) is 0 Å². The number of benzene rings is 2. The highest BCUT2D eigenvalue weighted by Gasteiger charge is 2.32. The average Bonchev–Trinajstić information content (AvgIpc) is 3.41. The predicted octanol–water partition coefficient (Wildman–Crippen LogP) is 5.56. The maximum absolute atomic E-state index is 13.5. The van der Waals surface area contributed by atoms with E-state index in [0.29, 0.717) is 30.3 Å². The molecule has 1 saturated heterocycles. The van der Waals surface area contributed by atoms with Crippen LogP contribution in [0.2, 0.25) is 0 Å².